The molecule has 0 bridgehead atoms. The lowest BCUT2D eigenvalue weighted by Gasteiger charge is -1.99. The fourth-order valence-corrected chi connectivity index (χ4v) is 1.48. The van der Waals surface area contributed by atoms with Crippen molar-refractivity contribution < 1.29 is 28.6 Å². The third-order valence-corrected chi connectivity index (χ3v) is 2.51. The number of carboxylic acid groups (broad SMARTS) is 2. The van der Waals surface area contributed by atoms with Gasteiger partial charge in [-0.15, -0.1) is 0 Å². The summed E-state index contributed by atoms with van der Waals surface area (Å²) in [4.78, 5) is 20.6. The van der Waals surface area contributed by atoms with Crippen LogP contribution < -0.4 is 11.5 Å². The van der Waals surface area contributed by atoms with Gasteiger partial charge >= 0.3 is 11.9 Å². The van der Waals surface area contributed by atoms with Crippen molar-refractivity contribution in [3.8, 4) is 0 Å². The van der Waals surface area contributed by atoms with Crippen LogP contribution >= 0.6 is 0 Å². The first kappa shape index (κ1) is 16.9. The molecule has 2 rings (SSSR count). The Hall–Kier alpha value is -3.16. The number of halogens is 2. The van der Waals surface area contributed by atoms with E-state index in [2.05, 4.69) is 0 Å². The zero-order chi connectivity index (χ0) is 16.9. The number of hydrogen-bond acceptors (Lipinski definition) is 4. The van der Waals surface area contributed by atoms with Crippen LogP contribution in [-0.4, -0.2) is 22.2 Å². The van der Waals surface area contributed by atoms with Gasteiger partial charge in [-0.25, -0.2) is 18.4 Å². The second-order valence-electron chi connectivity index (χ2n) is 4.05. The van der Waals surface area contributed by atoms with Gasteiger partial charge in [0.15, 0.2) is 0 Å². The number of aromatic carboxylic acids is 2. The summed E-state index contributed by atoms with van der Waals surface area (Å²) in [6.07, 6.45) is 0. The van der Waals surface area contributed by atoms with E-state index >= 15 is 0 Å². The Morgan fingerprint density at radius 3 is 1.95 bits per heavy atom. The van der Waals surface area contributed by atoms with Crippen LogP contribution in [-0.2, 0) is 0 Å². The first-order chi connectivity index (χ1) is 10.2. The smallest absolute Gasteiger partial charge is 0.340 e. The lowest BCUT2D eigenvalue weighted by Crippen LogP contribution is -2.04. The van der Waals surface area contributed by atoms with E-state index in [9.17, 15) is 18.4 Å². The molecule has 6 nitrogen and oxygen atoms in total. The van der Waals surface area contributed by atoms with Gasteiger partial charge in [0, 0.05) is 11.4 Å². The Morgan fingerprint density at radius 2 is 1.55 bits per heavy atom. The Morgan fingerprint density at radius 1 is 0.909 bits per heavy atom. The Bertz CT molecular complexity index is 700. The van der Waals surface area contributed by atoms with E-state index in [1.54, 1.807) is 0 Å². The minimum Gasteiger partial charge on any atom is -0.478 e. The molecule has 0 aliphatic heterocycles. The number of nitrogens with two attached hydrogens (primary N) is 2. The van der Waals surface area contributed by atoms with Crippen LogP contribution in [0.25, 0.3) is 0 Å². The maximum absolute atomic E-state index is 12.6. The summed E-state index contributed by atoms with van der Waals surface area (Å²) in [5.74, 6) is -3.98. The molecule has 0 fully saturated rings. The van der Waals surface area contributed by atoms with Crippen LogP contribution in [0, 0.1) is 11.6 Å². The molecule has 0 atom stereocenters. The van der Waals surface area contributed by atoms with E-state index in [1.165, 1.54) is 18.2 Å². The third kappa shape index (κ3) is 4.17. The molecule has 0 heterocycles. The fourth-order valence-electron chi connectivity index (χ4n) is 1.48. The van der Waals surface area contributed by atoms with Crippen molar-refractivity contribution in [3.63, 3.8) is 0 Å². The largest absolute Gasteiger partial charge is 0.478 e. The number of nitrogen functional groups attached to an aromatic ring is 2. The second kappa shape index (κ2) is 7.02. The van der Waals surface area contributed by atoms with Gasteiger partial charge < -0.3 is 21.7 Å². The molecule has 0 amide bonds. The van der Waals surface area contributed by atoms with Crippen molar-refractivity contribution in [3.05, 3.63) is 59.2 Å². The van der Waals surface area contributed by atoms with Crippen LogP contribution in [0.1, 0.15) is 20.7 Å². The highest BCUT2D eigenvalue weighted by molar-refractivity contribution is 5.94. The van der Waals surface area contributed by atoms with Gasteiger partial charge in [0.25, 0.3) is 0 Å². The lowest BCUT2D eigenvalue weighted by atomic mass is 10.2. The molecule has 2 aromatic rings. The minimum atomic E-state index is -1.35. The quantitative estimate of drug-likeness (QED) is 0.630. The first-order valence-corrected chi connectivity index (χ1v) is 5.79. The normalized spacial score (nSPS) is 9.55. The van der Waals surface area contributed by atoms with Gasteiger partial charge in [-0.1, -0.05) is 6.07 Å². The predicted octanol–water partition coefficient (Wildman–Crippen LogP) is 2.21. The van der Waals surface area contributed by atoms with Gasteiger partial charge in [0.1, 0.15) is 17.2 Å². The number of carboxylic acids is 2. The van der Waals surface area contributed by atoms with Gasteiger partial charge in [-0.2, -0.15) is 0 Å². The Balaban J connectivity index is 0.000000220. The first-order valence-electron chi connectivity index (χ1n) is 5.79. The highest BCUT2D eigenvalue weighted by atomic mass is 19.1. The second-order valence-corrected chi connectivity index (χ2v) is 4.05. The standard InChI is InChI=1S/2C7H6FNO2/c8-4-1-2-6(9)5(3-4)7(10)11;8-4-2-1-3-5(9)6(4)7(10)11/h2*1-3H,9H2,(H,10,11). The summed E-state index contributed by atoms with van der Waals surface area (Å²) in [5, 5.41) is 16.9. The number of benzene rings is 2. The number of hydrogen-bond donors (Lipinski definition) is 4. The summed E-state index contributed by atoms with van der Waals surface area (Å²) in [6, 6.07) is 6.97. The zero-order valence-electron chi connectivity index (χ0n) is 11.1. The molecule has 0 radical (unpaired) electrons. The summed E-state index contributed by atoms with van der Waals surface area (Å²) < 4.78 is 25.0. The summed E-state index contributed by atoms with van der Waals surface area (Å²) in [6.45, 7) is 0. The zero-order valence-corrected chi connectivity index (χ0v) is 11.1. The van der Waals surface area contributed by atoms with Crippen molar-refractivity contribution in [1.82, 2.24) is 0 Å². The van der Waals surface area contributed by atoms with Crippen LogP contribution in [0.2, 0.25) is 0 Å². The van der Waals surface area contributed by atoms with E-state index in [0.717, 1.165) is 18.2 Å². The van der Waals surface area contributed by atoms with Crippen LogP contribution in [0.15, 0.2) is 36.4 Å². The van der Waals surface area contributed by atoms with Gasteiger partial charge in [0.05, 0.1) is 5.56 Å². The molecule has 0 aliphatic rings. The van der Waals surface area contributed by atoms with E-state index in [4.69, 9.17) is 21.7 Å². The Kier molecular flexibility index (Phi) is 5.39. The number of rotatable bonds is 2. The molecule has 0 unspecified atom stereocenters. The van der Waals surface area contributed by atoms with Crippen molar-refractivity contribution in [2.45, 2.75) is 0 Å². The molecule has 8 heteroatoms. The van der Waals surface area contributed by atoms with Crippen molar-refractivity contribution in [2.75, 3.05) is 11.5 Å². The topological polar surface area (TPSA) is 127 Å². The van der Waals surface area contributed by atoms with Crippen LogP contribution in [0.5, 0.6) is 0 Å². The highest BCUT2D eigenvalue weighted by Gasteiger charge is 2.12. The van der Waals surface area contributed by atoms with E-state index in [1.807, 2.05) is 0 Å². The maximum atomic E-state index is 12.6. The summed E-state index contributed by atoms with van der Waals surface area (Å²) in [7, 11) is 0. The van der Waals surface area contributed by atoms with E-state index < -0.39 is 29.1 Å². The predicted molar refractivity (Wildman–Crippen MR) is 75.5 cm³/mol. The molecular formula is C14H12F2N2O4. The Labute approximate surface area is 123 Å². The average Bonchev–Trinajstić information content (AvgIpc) is 2.41. The monoisotopic (exact) mass is 310 g/mol. The lowest BCUT2D eigenvalue weighted by molar-refractivity contribution is 0.0684. The number of carbonyl (C=O) groups is 2. The molecule has 0 saturated carbocycles. The maximum Gasteiger partial charge on any atom is 0.340 e. The van der Waals surface area contributed by atoms with E-state index in [0.29, 0.717) is 0 Å². The molecule has 6 N–H and O–H groups in total. The molecule has 0 aromatic heterocycles. The molecule has 116 valence electrons. The fraction of sp³-hybridized carbons (Fsp3) is 0. The third-order valence-electron chi connectivity index (χ3n) is 2.51. The highest BCUT2D eigenvalue weighted by Crippen LogP contribution is 2.14. The number of anilines is 2. The summed E-state index contributed by atoms with van der Waals surface area (Å²) >= 11 is 0. The van der Waals surface area contributed by atoms with Crippen molar-refractivity contribution >= 4 is 23.3 Å². The minimum absolute atomic E-state index is 0.0579. The van der Waals surface area contributed by atoms with Crippen molar-refractivity contribution in [1.29, 1.82) is 0 Å². The van der Waals surface area contributed by atoms with Gasteiger partial charge in [-0.3, -0.25) is 0 Å². The molecule has 0 spiro atoms. The summed E-state index contributed by atoms with van der Waals surface area (Å²) in [5.41, 5.74) is 9.79. The molecule has 2 aromatic carbocycles. The molecule has 0 saturated heterocycles. The van der Waals surface area contributed by atoms with Crippen molar-refractivity contribution in [2.24, 2.45) is 0 Å². The average molecular weight is 310 g/mol. The van der Waals surface area contributed by atoms with E-state index in [-0.39, 0.29) is 16.9 Å². The van der Waals surface area contributed by atoms with Crippen LogP contribution in [0.4, 0.5) is 20.2 Å². The SMILES string of the molecule is Nc1ccc(F)cc1C(=O)O.Nc1cccc(F)c1C(=O)O. The van der Waals surface area contributed by atoms with Gasteiger partial charge in [-0.05, 0) is 30.3 Å². The molecule has 0 aliphatic carbocycles. The molecular weight excluding hydrogens is 298 g/mol. The van der Waals surface area contributed by atoms with Crippen LogP contribution in [0.3, 0.4) is 0 Å². The molecule has 22 heavy (non-hydrogen) atoms. The van der Waals surface area contributed by atoms with Gasteiger partial charge in [0.2, 0.25) is 0 Å².